The largest absolute Gasteiger partial charge is 0.307 e. The molecule has 0 aliphatic rings. The SMILES string of the molecule is Cc1nn2cc(CNCc3cn[nH]c3-c3ccc(-c4ccccc4)cc3)nc2s1. The topological polar surface area (TPSA) is 70.9 Å². The molecule has 29 heavy (non-hydrogen) atoms. The van der Waals surface area contributed by atoms with E-state index in [-0.39, 0.29) is 0 Å². The van der Waals surface area contributed by atoms with Gasteiger partial charge in [-0.25, -0.2) is 9.50 Å². The van der Waals surface area contributed by atoms with Crippen molar-refractivity contribution in [3.8, 4) is 22.4 Å². The second kappa shape index (κ2) is 7.62. The normalized spacial score (nSPS) is 11.3. The van der Waals surface area contributed by atoms with Crippen LogP contribution in [-0.4, -0.2) is 24.8 Å². The van der Waals surface area contributed by atoms with Crippen molar-refractivity contribution < 1.29 is 0 Å². The number of imidazole rings is 1. The van der Waals surface area contributed by atoms with Crippen LogP contribution in [0.2, 0.25) is 0 Å². The molecule has 0 aliphatic heterocycles. The Kier molecular flexibility index (Phi) is 4.67. The molecule has 3 aromatic heterocycles. The van der Waals surface area contributed by atoms with E-state index >= 15 is 0 Å². The van der Waals surface area contributed by atoms with Crippen molar-refractivity contribution in [1.82, 2.24) is 30.1 Å². The van der Waals surface area contributed by atoms with E-state index in [1.807, 2.05) is 29.9 Å². The molecule has 0 fully saturated rings. The number of hydrogen-bond donors (Lipinski definition) is 2. The maximum atomic E-state index is 4.60. The van der Waals surface area contributed by atoms with Gasteiger partial charge in [0.15, 0.2) is 0 Å². The van der Waals surface area contributed by atoms with Gasteiger partial charge in [0, 0.05) is 18.7 Å². The van der Waals surface area contributed by atoms with Crippen LogP contribution in [0.25, 0.3) is 27.3 Å². The van der Waals surface area contributed by atoms with Crippen LogP contribution in [0.15, 0.2) is 67.0 Å². The summed E-state index contributed by atoms with van der Waals surface area (Å²) in [4.78, 5) is 5.54. The van der Waals surface area contributed by atoms with Crippen LogP contribution in [0.3, 0.4) is 0 Å². The first kappa shape index (κ1) is 17.8. The monoisotopic (exact) mass is 400 g/mol. The van der Waals surface area contributed by atoms with Gasteiger partial charge in [-0.05, 0) is 23.6 Å². The number of benzene rings is 2. The van der Waals surface area contributed by atoms with Gasteiger partial charge in [0.2, 0.25) is 4.96 Å². The van der Waals surface area contributed by atoms with Crippen molar-refractivity contribution in [3.05, 3.63) is 83.3 Å². The molecule has 5 rings (SSSR count). The first-order valence-electron chi connectivity index (χ1n) is 9.47. The molecule has 0 atom stereocenters. The molecule has 5 aromatic rings. The van der Waals surface area contributed by atoms with E-state index in [4.69, 9.17) is 0 Å². The predicted octanol–water partition coefficient (Wildman–Crippen LogP) is 4.45. The second-order valence-electron chi connectivity index (χ2n) is 6.90. The highest BCUT2D eigenvalue weighted by molar-refractivity contribution is 7.16. The van der Waals surface area contributed by atoms with Crippen LogP contribution < -0.4 is 5.32 Å². The van der Waals surface area contributed by atoms with Crippen LogP contribution in [0.5, 0.6) is 0 Å². The molecule has 0 bridgehead atoms. The van der Waals surface area contributed by atoms with Crippen molar-refractivity contribution in [2.75, 3.05) is 0 Å². The molecule has 2 aromatic carbocycles. The fraction of sp³-hybridized carbons (Fsp3) is 0.136. The lowest BCUT2D eigenvalue weighted by molar-refractivity contribution is 0.683. The number of nitrogens with one attached hydrogen (secondary N) is 2. The van der Waals surface area contributed by atoms with Gasteiger partial charge in [0.1, 0.15) is 5.01 Å². The highest BCUT2D eigenvalue weighted by Crippen LogP contribution is 2.25. The lowest BCUT2D eigenvalue weighted by Gasteiger charge is -2.06. The molecule has 3 heterocycles. The second-order valence-corrected chi connectivity index (χ2v) is 8.06. The van der Waals surface area contributed by atoms with Crippen LogP contribution in [-0.2, 0) is 13.1 Å². The molecule has 0 amide bonds. The van der Waals surface area contributed by atoms with Crippen molar-refractivity contribution in [1.29, 1.82) is 0 Å². The Morgan fingerprint density at radius 3 is 2.52 bits per heavy atom. The van der Waals surface area contributed by atoms with E-state index in [9.17, 15) is 0 Å². The number of nitrogens with zero attached hydrogens (tertiary/aromatic N) is 4. The zero-order valence-corrected chi connectivity index (χ0v) is 16.8. The number of H-pyrrole nitrogens is 1. The number of fused-ring (bicyclic) bond motifs is 1. The van der Waals surface area contributed by atoms with Crippen LogP contribution >= 0.6 is 11.3 Å². The Hall–Kier alpha value is -3.29. The minimum Gasteiger partial charge on any atom is -0.307 e. The number of aromatic nitrogens is 5. The average molecular weight is 401 g/mol. The minimum atomic E-state index is 0.687. The Morgan fingerprint density at radius 1 is 0.966 bits per heavy atom. The highest BCUT2D eigenvalue weighted by atomic mass is 32.1. The molecule has 0 saturated heterocycles. The summed E-state index contributed by atoms with van der Waals surface area (Å²) in [5, 5.41) is 16.3. The van der Waals surface area contributed by atoms with Crippen molar-refractivity contribution in [3.63, 3.8) is 0 Å². The molecule has 7 heteroatoms. The molecule has 6 nitrogen and oxygen atoms in total. The summed E-state index contributed by atoms with van der Waals surface area (Å²) in [7, 11) is 0. The maximum absolute atomic E-state index is 4.60. The summed E-state index contributed by atoms with van der Waals surface area (Å²) < 4.78 is 1.84. The van der Waals surface area contributed by atoms with Gasteiger partial charge in [0.05, 0.1) is 23.8 Å². The number of aryl methyl sites for hydroxylation is 1. The molecule has 0 unspecified atom stereocenters. The summed E-state index contributed by atoms with van der Waals surface area (Å²) in [6, 6.07) is 19.0. The Labute approximate surface area is 172 Å². The summed E-state index contributed by atoms with van der Waals surface area (Å²) in [5.74, 6) is 0. The van der Waals surface area contributed by atoms with E-state index in [2.05, 4.69) is 74.1 Å². The Bertz CT molecular complexity index is 1200. The molecule has 0 saturated carbocycles. The van der Waals surface area contributed by atoms with E-state index in [0.717, 1.165) is 32.5 Å². The zero-order valence-electron chi connectivity index (χ0n) is 16.0. The van der Waals surface area contributed by atoms with Crippen LogP contribution in [0.4, 0.5) is 0 Å². The van der Waals surface area contributed by atoms with Crippen LogP contribution in [0.1, 0.15) is 16.3 Å². The van der Waals surface area contributed by atoms with E-state index in [1.165, 1.54) is 11.1 Å². The molecule has 0 radical (unpaired) electrons. The van der Waals surface area contributed by atoms with Crippen molar-refractivity contribution in [2.24, 2.45) is 0 Å². The summed E-state index contributed by atoms with van der Waals surface area (Å²) in [6.07, 6.45) is 3.86. The first-order chi connectivity index (χ1) is 14.3. The Morgan fingerprint density at radius 2 is 1.72 bits per heavy atom. The fourth-order valence-corrected chi connectivity index (χ4v) is 4.15. The van der Waals surface area contributed by atoms with Crippen molar-refractivity contribution >= 4 is 16.3 Å². The Balaban J connectivity index is 1.27. The fourth-order valence-electron chi connectivity index (χ4n) is 3.41. The van der Waals surface area contributed by atoms with Gasteiger partial charge in [-0.2, -0.15) is 10.2 Å². The minimum absolute atomic E-state index is 0.687. The van der Waals surface area contributed by atoms with Gasteiger partial charge >= 0.3 is 0 Å². The lowest BCUT2D eigenvalue weighted by Crippen LogP contribution is -2.13. The molecular weight excluding hydrogens is 380 g/mol. The summed E-state index contributed by atoms with van der Waals surface area (Å²) in [5.41, 5.74) is 6.71. The van der Waals surface area contributed by atoms with Crippen molar-refractivity contribution in [2.45, 2.75) is 20.0 Å². The first-order valence-corrected chi connectivity index (χ1v) is 10.3. The van der Waals surface area contributed by atoms with Gasteiger partial charge in [-0.3, -0.25) is 5.10 Å². The number of aromatic amines is 1. The number of hydrogen-bond acceptors (Lipinski definition) is 5. The van der Waals surface area contributed by atoms with Crippen LogP contribution in [0, 0.1) is 6.92 Å². The standard InChI is InChI=1S/C22H20N6S/c1-15-27-28-14-20(25-22(28)29-15)13-23-11-19-12-24-26-21(19)18-9-7-17(8-10-18)16-5-3-2-4-6-16/h2-10,12,14,23H,11,13H2,1H3,(H,24,26). The molecular formula is C22H20N6S. The van der Waals surface area contributed by atoms with E-state index < -0.39 is 0 Å². The third-order valence-electron chi connectivity index (χ3n) is 4.81. The smallest absolute Gasteiger partial charge is 0.212 e. The molecule has 2 N–H and O–H groups in total. The van der Waals surface area contributed by atoms with Gasteiger partial charge in [-0.15, -0.1) is 0 Å². The number of rotatable bonds is 6. The quantitative estimate of drug-likeness (QED) is 0.442. The molecule has 144 valence electrons. The summed E-state index contributed by atoms with van der Waals surface area (Å²) in [6.45, 7) is 3.39. The van der Waals surface area contributed by atoms with Gasteiger partial charge in [-0.1, -0.05) is 65.9 Å². The average Bonchev–Trinajstić information content (AvgIpc) is 3.44. The summed E-state index contributed by atoms with van der Waals surface area (Å²) >= 11 is 1.60. The third kappa shape index (κ3) is 3.70. The highest BCUT2D eigenvalue weighted by Gasteiger charge is 2.10. The van der Waals surface area contributed by atoms with Gasteiger partial charge in [0.25, 0.3) is 0 Å². The van der Waals surface area contributed by atoms with E-state index in [1.54, 1.807) is 11.3 Å². The molecule has 0 spiro atoms. The van der Waals surface area contributed by atoms with Gasteiger partial charge < -0.3 is 5.32 Å². The third-order valence-corrected chi connectivity index (χ3v) is 5.65. The maximum Gasteiger partial charge on any atom is 0.212 e. The molecule has 0 aliphatic carbocycles. The zero-order chi connectivity index (χ0) is 19.6. The predicted molar refractivity (Wildman–Crippen MR) is 116 cm³/mol. The lowest BCUT2D eigenvalue weighted by atomic mass is 10.0. The van der Waals surface area contributed by atoms with E-state index in [0.29, 0.717) is 13.1 Å².